The lowest BCUT2D eigenvalue weighted by Gasteiger charge is -2.21. The van der Waals surface area contributed by atoms with Gasteiger partial charge in [0.2, 0.25) is 0 Å². The smallest absolute Gasteiger partial charge is 0.261 e. The third-order valence-corrected chi connectivity index (χ3v) is 6.92. The third-order valence-electron chi connectivity index (χ3n) is 3.48. The molecule has 3 nitrogen and oxygen atoms in total. The van der Waals surface area contributed by atoms with Crippen LogP contribution in [0.25, 0.3) is 0 Å². The number of hydrogen-bond acceptors (Lipinski definition) is 4. The highest BCUT2D eigenvalue weighted by atomic mass is 32.1. The molecule has 23 heavy (non-hydrogen) atoms. The highest BCUT2D eigenvalue weighted by molar-refractivity contribution is 7.74. The summed E-state index contributed by atoms with van der Waals surface area (Å²) >= 11 is 1.45. The topological polar surface area (TPSA) is 46.5 Å². The van der Waals surface area contributed by atoms with E-state index < -0.39 is 13.5 Å². The van der Waals surface area contributed by atoms with Gasteiger partial charge in [0, 0.05) is 15.5 Å². The minimum atomic E-state index is -3.24. The maximum atomic E-state index is 13.6. The number of aliphatic hydroxyl groups is 1. The van der Waals surface area contributed by atoms with Crippen molar-refractivity contribution in [1.29, 1.82) is 0 Å². The van der Waals surface area contributed by atoms with E-state index in [4.69, 9.17) is 4.52 Å². The second-order valence-corrected chi connectivity index (χ2v) is 8.42. The number of hydrogen-bond donors (Lipinski definition) is 1. The first-order valence-electron chi connectivity index (χ1n) is 7.27. The molecule has 0 bridgehead atoms. The van der Waals surface area contributed by atoms with Crippen LogP contribution in [0.5, 0.6) is 0 Å². The second-order valence-electron chi connectivity index (χ2n) is 5.05. The lowest BCUT2D eigenvalue weighted by Crippen LogP contribution is -2.20. The number of aliphatic hydroxyl groups excluding tert-OH is 1. The summed E-state index contributed by atoms with van der Waals surface area (Å²) in [5.41, 5.74) is 0. The van der Waals surface area contributed by atoms with E-state index in [1.807, 2.05) is 53.9 Å². The zero-order valence-electron chi connectivity index (χ0n) is 12.4. The predicted octanol–water partition coefficient (Wildman–Crippen LogP) is 3.73. The molecule has 0 aliphatic carbocycles. The monoisotopic (exact) mass is 344 g/mol. The van der Waals surface area contributed by atoms with Gasteiger partial charge in [-0.2, -0.15) is 0 Å². The molecule has 3 rings (SSSR count). The molecular formula is C18H17O3PS. The first-order chi connectivity index (χ1) is 11.2. The van der Waals surface area contributed by atoms with Crippen LogP contribution in [-0.2, 0) is 9.09 Å². The summed E-state index contributed by atoms with van der Waals surface area (Å²) in [6.07, 6.45) is -0.782. The first-order valence-corrected chi connectivity index (χ1v) is 9.78. The van der Waals surface area contributed by atoms with Gasteiger partial charge in [-0.15, -0.1) is 11.3 Å². The third kappa shape index (κ3) is 3.62. The van der Waals surface area contributed by atoms with Crippen molar-refractivity contribution in [3.8, 4) is 0 Å². The first kappa shape index (κ1) is 16.2. The van der Waals surface area contributed by atoms with Crippen molar-refractivity contribution in [3.63, 3.8) is 0 Å². The zero-order valence-corrected chi connectivity index (χ0v) is 14.1. The minimum absolute atomic E-state index is 0.0123. The van der Waals surface area contributed by atoms with Crippen LogP contribution in [0.1, 0.15) is 11.0 Å². The fourth-order valence-electron chi connectivity index (χ4n) is 2.29. The van der Waals surface area contributed by atoms with Crippen molar-refractivity contribution in [2.75, 3.05) is 6.61 Å². The minimum Gasteiger partial charge on any atom is -0.385 e. The maximum Gasteiger partial charge on any atom is 0.261 e. The van der Waals surface area contributed by atoms with E-state index in [2.05, 4.69) is 0 Å². The Morgan fingerprint density at radius 3 is 1.96 bits per heavy atom. The summed E-state index contributed by atoms with van der Waals surface area (Å²) in [5, 5.41) is 13.4. The van der Waals surface area contributed by atoms with E-state index in [1.54, 1.807) is 24.3 Å². The Balaban J connectivity index is 1.89. The van der Waals surface area contributed by atoms with Crippen LogP contribution >= 0.6 is 18.7 Å². The van der Waals surface area contributed by atoms with Gasteiger partial charge in [0.1, 0.15) is 6.10 Å². The molecule has 0 spiro atoms. The van der Waals surface area contributed by atoms with Crippen molar-refractivity contribution in [2.24, 2.45) is 0 Å². The molecule has 3 aromatic rings. The Morgan fingerprint density at radius 2 is 1.48 bits per heavy atom. The molecule has 0 saturated carbocycles. The van der Waals surface area contributed by atoms with Gasteiger partial charge < -0.3 is 9.63 Å². The highest BCUT2D eigenvalue weighted by Gasteiger charge is 2.29. The normalized spacial score (nSPS) is 12.9. The molecule has 5 heteroatoms. The SMILES string of the molecule is O=P(OCC(O)c1cccs1)(c1ccccc1)c1ccccc1. The molecule has 1 heterocycles. The summed E-state index contributed by atoms with van der Waals surface area (Å²) in [5.74, 6) is 0. The standard InChI is InChI=1S/C18H17O3PS/c19-17(18-12-7-13-23-18)14-21-22(20,15-8-3-1-4-9-15)16-10-5-2-6-11-16/h1-13,17,19H,14H2. The van der Waals surface area contributed by atoms with Crippen molar-refractivity contribution in [2.45, 2.75) is 6.10 Å². The molecule has 0 fully saturated rings. The molecule has 2 aromatic carbocycles. The quantitative estimate of drug-likeness (QED) is 0.693. The summed E-state index contributed by atoms with van der Waals surface area (Å²) in [4.78, 5) is 0.803. The van der Waals surface area contributed by atoms with Crippen molar-refractivity contribution in [1.82, 2.24) is 0 Å². The van der Waals surface area contributed by atoms with Gasteiger partial charge >= 0.3 is 0 Å². The van der Waals surface area contributed by atoms with Crippen LogP contribution in [0, 0.1) is 0 Å². The molecule has 0 amide bonds. The zero-order chi connectivity index (χ0) is 16.1. The van der Waals surface area contributed by atoms with E-state index in [-0.39, 0.29) is 6.61 Å². The van der Waals surface area contributed by atoms with Crippen LogP contribution in [0.2, 0.25) is 0 Å². The maximum absolute atomic E-state index is 13.6. The average Bonchev–Trinajstić information content (AvgIpc) is 3.16. The Morgan fingerprint density at radius 1 is 0.913 bits per heavy atom. The molecule has 118 valence electrons. The van der Waals surface area contributed by atoms with Crippen molar-refractivity contribution in [3.05, 3.63) is 83.1 Å². The summed E-state index contributed by atoms with van der Waals surface area (Å²) in [7, 11) is -3.24. The van der Waals surface area contributed by atoms with Crippen molar-refractivity contribution < 1.29 is 14.2 Å². The molecule has 1 atom stereocenters. The largest absolute Gasteiger partial charge is 0.385 e. The second kappa shape index (κ2) is 7.24. The molecular weight excluding hydrogens is 327 g/mol. The number of benzene rings is 2. The summed E-state index contributed by atoms with van der Waals surface area (Å²) in [6.45, 7) is -0.0123. The Kier molecular flexibility index (Phi) is 5.09. The van der Waals surface area contributed by atoms with Gasteiger partial charge in [-0.1, -0.05) is 42.5 Å². The number of rotatable bonds is 6. The van der Waals surface area contributed by atoms with Gasteiger partial charge in [0.15, 0.2) is 0 Å². The molecule has 0 aliphatic rings. The van der Waals surface area contributed by atoms with E-state index >= 15 is 0 Å². The van der Waals surface area contributed by atoms with Crippen LogP contribution in [0.3, 0.4) is 0 Å². The van der Waals surface area contributed by atoms with Crippen LogP contribution in [-0.4, -0.2) is 11.7 Å². The van der Waals surface area contributed by atoms with Gasteiger partial charge in [0.05, 0.1) is 6.61 Å². The summed E-state index contributed by atoms with van der Waals surface area (Å²) in [6, 6.07) is 22.0. The molecule has 0 saturated heterocycles. The van der Waals surface area contributed by atoms with E-state index in [0.717, 1.165) is 4.88 Å². The fraction of sp³-hybridized carbons (Fsp3) is 0.111. The average molecular weight is 344 g/mol. The van der Waals surface area contributed by atoms with Crippen LogP contribution in [0.15, 0.2) is 78.2 Å². The summed E-state index contributed by atoms with van der Waals surface area (Å²) < 4.78 is 19.4. The molecule has 1 aromatic heterocycles. The van der Waals surface area contributed by atoms with E-state index in [9.17, 15) is 9.67 Å². The predicted molar refractivity (Wildman–Crippen MR) is 95.0 cm³/mol. The van der Waals surface area contributed by atoms with Crippen LogP contribution in [0.4, 0.5) is 0 Å². The molecule has 0 radical (unpaired) electrons. The Hall–Kier alpha value is -1.71. The van der Waals surface area contributed by atoms with Crippen molar-refractivity contribution >= 4 is 29.3 Å². The molecule has 1 N–H and O–H groups in total. The lowest BCUT2D eigenvalue weighted by atomic mass is 10.3. The van der Waals surface area contributed by atoms with E-state index in [1.165, 1.54) is 11.3 Å². The highest BCUT2D eigenvalue weighted by Crippen LogP contribution is 2.45. The van der Waals surface area contributed by atoms with Crippen LogP contribution < -0.4 is 10.6 Å². The van der Waals surface area contributed by atoms with Gasteiger partial charge in [0.25, 0.3) is 7.37 Å². The fourth-order valence-corrected chi connectivity index (χ4v) is 5.06. The Labute approximate surface area is 139 Å². The molecule has 0 aliphatic heterocycles. The number of thiophene rings is 1. The lowest BCUT2D eigenvalue weighted by molar-refractivity contribution is 0.115. The van der Waals surface area contributed by atoms with E-state index in [0.29, 0.717) is 10.6 Å². The Bertz CT molecular complexity index is 729. The molecule has 1 unspecified atom stereocenters. The van der Waals surface area contributed by atoms with Gasteiger partial charge in [-0.25, -0.2) is 0 Å². The van der Waals surface area contributed by atoms with Gasteiger partial charge in [-0.05, 0) is 35.7 Å². The van der Waals surface area contributed by atoms with Gasteiger partial charge in [-0.3, -0.25) is 4.57 Å².